The van der Waals surface area contributed by atoms with Crippen molar-refractivity contribution in [2.45, 2.75) is 0 Å². The zero-order valence-corrected chi connectivity index (χ0v) is 11.0. The molecule has 21 heavy (non-hydrogen) atoms. The average molecular weight is 271 g/mol. The molecule has 0 spiro atoms. The van der Waals surface area contributed by atoms with E-state index in [4.69, 9.17) is 0 Å². The van der Waals surface area contributed by atoms with Crippen LogP contribution < -0.4 is 0 Å². The van der Waals surface area contributed by atoms with Gasteiger partial charge in [-0.15, -0.1) is 0 Å². The summed E-state index contributed by atoms with van der Waals surface area (Å²) in [5.41, 5.74) is 1.61. The monoisotopic (exact) mass is 271 g/mol. The molecule has 0 aromatic heterocycles. The van der Waals surface area contributed by atoms with Crippen molar-refractivity contribution in [2.24, 2.45) is 0 Å². The van der Waals surface area contributed by atoms with Crippen LogP contribution in [0.25, 0.3) is 0 Å². The number of nitrogens with zero attached hydrogens (tertiary/aromatic N) is 1. The molecule has 0 aliphatic heterocycles. The third kappa shape index (κ3) is 4.60. The van der Waals surface area contributed by atoms with Crippen LogP contribution >= 0.6 is 0 Å². The molecule has 3 heteroatoms. The van der Waals surface area contributed by atoms with Gasteiger partial charge in [-0.3, -0.25) is 10.1 Å². The predicted octanol–water partition coefficient (Wildman–Crippen LogP) is 3.00. The highest BCUT2D eigenvalue weighted by molar-refractivity contribution is 5.46. The molecule has 0 aliphatic carbocycles. The van der Waals surface area contributed by atoms with Crippen molar-refractivity contribution in [3.05, 3.63) is 75.8 Å². The van der Waals surface area contributed by atoms with Crippen molar-refractivity contribution in [2.75, 3.05) is 0 Å². The first-order chi connectivity index (χ1) is 10.3. The van der Waals surface area contributed by atoms with Crippen LogP contribution in [0.15, 0.2) is 54.6 Å². The molecule has 0 aliphatic rings. The maximum Gasteiger partial charge on any atom is 0.269 e. The summed E-state index contributed by atoms with van der Waals surface area (Å²) in [6.07, 6.45) is 0. The van der Waals surface area contributed by atoms with Gasteiger partial charge in [0.1, 0.15) is 0 Å². The third-order valence-corrected chi connectivity index (χ3v) is 2.45. The molecule has 0 fully saturated rings. The Morgan fingerprint density at radius 2 is 1.24 bits per heavy atom. The molecule has 2 rings (SSSR count). The first-order valence-corrected chi connectivity index (χ1v) is 6.07. The summed E-state index contributed by atoms with van der Waals surface area (Å²) in [4.78, 5) is 10.0. The van der Waals surface area contributed by atoms with Crippen molar-refractivity contribution in [1.29, 1.82) is 0 Å². The van der Waals surface area contributed by atoms with E-state index >= 15 is 0 Å². The van der Waals surface area contributed by atoms with E-state index in [1.165, 1.54) is 12.1 Å². The van der Waals surface area contributed by atoms with Crippen LogP contribution in [0.3, 0.4) is 0 Å². The fraction of sp³-hybridized carbons (Fsp3) is 0. The molecule has 0 saturated heterocycles. The lowest BCUT2D eigenvalue weighted by Gasteiger charge is -1.90. The smallest absolute Gasteiger partial charge is 0.258 e. The van der Waals surface area contributed by atoms with Crippen LogP contribution in [0.5, 0.6) is 0 Å². The van der Waals surface area contributed by atoms with Crippen LogP contribution in [0.1, 0.15) is 11.1 Å². The molecular weight excluding hydrogens is 262 g/mol. The van der Waals surface area contributed by atoms with Gasteiger partial charge >= 0.3 is 0 Å². The number of non-ortho nitro benzene ring substituents is 1. The maximum atomic E-state index is 10.5. The number of rotatable bonds is 1. The first kappa shape index (κ1) is 13.9. The van der Waals surface area contributed by atoms with Gasteiger partial charge in [-0.1, -0.05) is 30.0 Å². The highest BCUT2D eigenvalue weighted by Crippen LogP contribution is 2.10. The van der Waals surface area contributed by atoms with Crippen molar-refractivity contribution in [3.8, 4) is 35.5 Å². The standard InChI is InChI=1S/C18H9NO2/c20-19(21)18-14-12-17(13-15-18)11-5-2-1-4-8-16-9-6-3-7-10-16/h3,6-7,9-10,12-15H. The fourth-order valence-corrected chi connectivity index (χ4v) is 1.46. The molecule has 0 saturated carbocycles. The van der Waals surface area contributed by atoms with Gasteiger partial charge in [0, 0.05) is 23.3 Å². The van der Waals surface area contributed by atoms with Crippen LogP contribution in [0.4, 0.5) is 5.69 Å². The first-order valence-electron chi connectivity index (χ1n) is 6.07. The topological polar surface area (TPSA) is 43.1 Å². The Morgan fingerprint density at radius 3 is 1.76 bits per heavy atom. The Kier molecular flexibility index (Phi) is 4.77. The zero-order chi connectivity index (χ0) is 14.9. The van der Waals surface area contributed by atoms with E-state index in [9.17, 15) is 10.1 Å². The second-order valence-corrected chi connectivity index (χ2v) is 3.92. The Morgan fingerprint density at radius 1 is 0.714 bits per heavy atom. The predicted molar refractivity (Wildman–Crippen MR) is 81.1 cm³/mol. The van der Waals surface area contributed by atoms with E-state index in [2.05, 4.69) is 35.5 Å². The molecule has 0 heterocycles. The molecule has 2 aromatic carbocycles. The molecule has 3 nitrogen and oxygen atoms in total. The minimum absolute atomic E-state index is 0.0420. The van der Waals surface area contributed by atoms with E-state index in [0.717, 1.165) is 5.56 Å². The van der Waals surface area contributed by atoms with Crippen LogP contribution in [-0.4, -0.2) is 4.92 Å². The molecule has 0 bridgehead atoms. The molecule has 0 unspecified atom stereocenters. The Labute approximate surface area is 122 Å². The average Bonchev–Trinajstić information content (AvgIpc) is 2.52. The quantitative estimate of drug-likeness (QED) is 0.454. The summed E-state index contributed by atoms with van der Waals surface area (Å²) in [6, 6.07) is 15.5. The molecule has 0 atom stereocenters. The summed E-state index contributed by atoms with van der Waals surface area (Å²) in [5.74, 6) is 16.3. The van der Waals surface area contributed by atoms with E-state index in [0.29, 0.717) is 5.56 Å². The van der Waals surface area contributed by atoms with E-state index < -0.39 is 4.92 Å². The van der Waals surface area contributed by atoms with Gasteiger partial charge in [0.05, 0.1) is 4.92 Å². The Hall–Kier alpha value is -3.48. The van der Waals surface area contributed by atoms with Gasteiger partial charge in [-0.2, -0.15) is 0 Å². The molecule has 0 N–H and O–H groups in total. The Balaban J connectivity index is 2.00. The highest BCUT2D eigenvalue weighted by Gasteiger charge is 2.01. The Bertz CT molecular complexity index is 818. The van der Waals surface area contributed by atoms with Crippen LogP contribution in [0.2, 0.25) is 0 Å². The van der Waals surface area contributed by atoms with Crippen molar-refractivity contribution in [3.63, 3.8) is 0 Å². The molecule has 98 valence electrons. The molecule has 0 amide bonds. The lowest BCUT2D eigenvalue weighted by atomic mass is 10.2. The van der Waals surface area contributed by atoms with Crippen molar-refractivity contribution in [1.82, 2.24) is 0 Å². The van der Waals surface area contributed by atoms with Gasteiger partial charge in [-0.05, 0) is 47.9 Å². The fourth-order valence-electron chi connectivity index (χ4n) is 1.46. The van der Waals surface area contributed by atoms with Gasteiger partial charge in [0.15, 0.2) is 0 Å². The SMILES string of the molecule is O=[N+]([O-])c1ccc(C#CC#CC#Cc2ccccc2)cc1. The van der Waals surface area contributed by atoms with E-state index in [1.54, 1.807) is 12.1 Å². The molecular formula is C18H9NO2. The van der Waals surface area contributed by atoms with Gasteiger partial charge < -0.3 is 0 Å². The van der Waals surface area contributed by atoms with E-state index in [-0.39, 0.29) is 5.69 Å². The number of hydrogen-bond donors (Lipinski definition) is 0. The summed E-state index contributed by atoms with van der Waals surface area (Å²) in [5, 5.41) is 10.5. The number of nitro benzene ring substituents is 1. The molecule has 2 aromatic rings. The normalized spacial score (nSPS) is 8.19. The maximum absolute atomic E-state index is 10.5. The summed E-state index contributed by atoms with van der Waals surface area (Å²) in [7, 11) is 0. The van der Waals surface area contributed by atoms with Crippen LogP contribution in [0, 0.1) is 45.6 Å². The van der Waals surface area contributed by atoms with Crippen LogP contribution in [-0.2, 0) is 0 Å². The third-order valence-electron chi connectivity index (χ3n) is 2.45. The molecule has 0 radical (unpaired) electrons. The van der Waals surface area contributed by atoms with E-state index in [1.807, 2.05) is 30.3 Å². The number of hydrogen-bond acceptors (Lipinski definition) is 2. The minimum Gasteiger partial charge on any atom is -0.258 e. The summed E-state index contributed by atoms with van der Waals surface area (Å²) >= 11 is 0. The zero-order valence-electron chi connectivity index (χ0n) is 11.0. The number of nitro groups is 1. The lowest BCUT2D eigenvalue weighted by molar-refractivity contribution is -0.384. The second-order valence-electron chi connectivity index (χ2n) is 3.92. The largest absolute Gasteiger partial charge is 0.269 e. The summed E-state index contributed by atoms with van der Waals surface area (Å²) < 4.78 is 0. The summed E-state index contributed by atoms with van der Waals surface area (Å²) in [6.45, 7) is 0. The second kappa shape index (κ2) is 7.19. The highest BCUT2D eigenvalue weighted by atomic mass is 16.6. The van der Waals surface area contributed by atoms with Gasteiger partial charge in [0.25, 0.3) is 5.69 Å². The number of benzene rings is 2. The lowest BCUT2D eigenvalue weighted by Crippen LogP contribution is -1.86. The van der Waals surface area contributed by atoms with Gasteiger partial charge in [0.2, 0.25) is 0 Å². The minimum atomic E-state index is -0.448. The van der Waals surface area contributed by atoms with Crippen molar-refractivity contribution >= 4 is 5.69 Å². The van der Waals surface area contributed by atoms with Crippen molar-refractivity contribution < 1.29 is 4.92 Å². The van der Waals surface area contributed by atoms with Gasteiger partial charge in [-0.25, -0.2) is 0 Å².